The van der Waals surface area contributed by atoms with E-state index < -0.39 is 0 Å². The Hall–Kier alpha value is -0.120. The summed E-state index contributed by atoms with van der Waals surface area (Å²) in [5.74, 6) is 0.562. The molecule has 3 unspecified atom stereocenters. The lowest BCUT2D eigenvalue weighted by Gasteiger charge is -2.22. The number of nitrogens with zero attached hydrogens (tertiary/aromatic N) is 1. The van der Waals surface area contributed by atoms with Crippen LogP contribution in [-0.2, 0) is 4.74 Å². The molecule has 3 atom stereocenters. The molecule has 0 aromatic carbocycles. The van der Waals surface area contributed by atoms with Gasteiger partial charge in [-0.05, 0) is 19.4 Å². The van der Waals surface area contributed by atoms with Crippen molar-refractivity contribution in [1.82, 2.24) is 4.90 Å². The number of fused-ring (bicyclic) bond motifs is 1. The van der Waals surface area contributed by atoms with Crippen molar-refractivity contribution in [3.8, 4) is 0 Å². The van der Waals surface area contributed by atoms with E-state index in [1.54, 1.807) is 7.11 Å². The zero-order chi connectivity index (χ0) is 8.55. The fraction of sp³-hybridized carbons (Fsp3) is 1.00. The Balaban J connectivity index is 1.99. The van der Waals surface area contributed by atoms with Gasteiger partial charge in [0.15, 0.2) is 0 Å². The fourth-order valence-corrected chi connectivity index (χ4v) is 2.63. The standard InChI is InChI=1S/C9H17NO2/c1-12-6-7-2-4-10-5-3-8(11)9(7)10/h7-9,11H,2-6H2,1H3. The van der Waals surface area contributed by atoms with Gasteiger partial charge in [0.05, 0.1) is 12.7 Å². The first kappa shape index (κ1) is 8.48. The van der Waals surface area contributed by atoms with Gasteiger partial charge in [0.2, 0.25) is 0 Å². The molecule has 3 nitrogen and oxygen atoms in total. The van der Waals surface area contributed by atoms with Gasteiger partial charge in [-0.3, -0.25) is 4.90 Å². The topological polar surface area (TPSA) is 32.7 Å². The van der Waals surface area contributed by atoms with Crippen molar-refractivity contribution < 1.29 is 9.84 Å². The quantitative estimate of drug-likeness (QED) is 0.639. The van der Waals surface area contributed by atoms with Crippen molar-refractivity contribution in [1.29, 1.82) is 0 Å². The first-order chi connectivity index (χ1) is 5.83. The second-order valence-electron chi connectivity index (χ2n) is 3.89. The summed E-state index contributed by atoms with van der Waals surface area (Å²) < 4.78 is 5.14. The van der Waals surface area contributed by atoms with Gasteiger partial charge in [0, 0.05) is 25.6 Å². The predicted molar refractivity (Wildman–Crippen MR) is 46.0 cm³/mol. The highest BCUT2D eigenvalue weighted by Gasteiger charge is 2.42. The lowest BCUT2D eigenvalue weighted by atomic mass is 9.97. The highest BCUT2D eigenvalue weighted by atomic mass is 16.5. The monoisotopic (exact) mass is 171 g/mol. The number of hydrogen-bond donors (Lipinski definition) is 1. The van der Waals surface area contributed by atoms with Crippen LogP contribution in [0, 0.1) is 5.92 Å². The molecule has 2 aliphatic rings. The van der Waals surface area contributed by atoms with Gasteiger partial charge < -0.3 is 9.84 Å². The molecule has 0 amide bonds. The van der Waals surface area contributed by atoms with E-state index in [-0.39, 0.29) is 6.10 Å². The van der Waals surface area contributed by atoms with Gasteiger partial charge in [-0.1, -0.05) is 0 Å². The van der Waals surface area contributed by atoms with Crippen LogP contribution in [0.5, 0.6) is 0 Å². The SMILES string of the molecule is COCC1CCN2CCC(O)C12. The second-order valence-corrected chi connectivity index (χ2v) is 3.89. The maximum atomic E-state index is 9.70. The van der Waals surface area contributed by atoms with Crippen molar-refractivity contribution >= 4 is 0 Å². The van der Waals surface area contributed by atoms with E-state index in [4.69, 9.17) is 4.74 Å². The first-order valence-corrected chi connectivity index (χ1v) is 4.74. The molecule has 0 aromatic heterocycles. The van der Waals surface area contributed by atoms with E-state index in [9.17, 15) is 5.11 Å². The van der Waals surface area contributed by atoms with Crippen LogP contribution < -0.4 is 0 Å². The van der Waals surface area contributed by atoms with Crippen LogP contribution in [-0.4, -0.2) is 49.0 Å². The number of aliphatic hydroxyl groups excluding tert-OH is 1. The Kier molecular flexibility index (Phi) is 2.35. The summed E-state index contributed by atoms with van der Waals surface area (Å²) in [6.45, 7) is 3.03. The van der Waals surface area contributed by atoms with Crippen LogP contribution >= 0.6 is 0 Å². The molecule has 0 radical (unpaired) electrons. The zero-order valence-electron chi connectivity index (χ0n) is 7.57. The van der Waals surface area contributed by atoms with Gasteiger partial charge in [-0.2, -0.15) is 0 Å². The average Bonchev–Trinajstić information content (AvgIpc) is 2.58. The Morgan fingerprint density at radius 1 is 1.42 bits per heavy atom. The maximum absolute atomic E-state index is 9.70. The molecular formula is C9H17NO2. The van der Waals surface area contributed by atoms with Gasteiger partial charge in [0.25, 0.3) is 0 Å². The Morgan fingerprint density at radius 2 is 2.17 bits per heavy atom. The number of aliphatic hydroxyl groups is 1. The number of rotatable bonds is 2. The van der Waals surface area contributed by atoms with Crippen LogP contribution in [0.3, 0.4) is 0 Å². The molecule has 12 heavy (non-hydrogen) atoms. The third-order valence-corrected chi connectivity index (χ3v) is 3.18. The molecule has 0 aromatic rings. The smallest absolute Gasteiger partial charge is 0.0711 e. The largest absolute Gasteiger partial charge is 0.391 e. The maximum Gasteiger partial charge on any atom is 0.0711 e. The van der Waals surface area contributed by atoms with Gasteiger partial charge in [-0.25, -0.2) is 0 Å². The van der Waals surface area contributed by atoms with E-state index in [0.717, 1.165) is 26.1 Å². The van der Waals surface area contributed by atoms with E-state index in [0.29, 0.717) is 12.0 Å². The first-order valence-electron chi connectivity index (χ1n) is 4.74. The summed E-state index contributed by atoms with van der Waals surface area (Å²) in [5, 5.41) is 9.70. The minimum absolute atomic E-state index is 0.104. The van der Waals surface area contributed by atoms with Crippen molar-refractivity contribution in [2.75, 3.05) is 26.8 Å². The molecule has 0 aliphatic carbocycles. The summed E-state index contributed by atoms with van der Waals surface area (Å²) in [4.78, 5) is 2.40. The number of methoxy groups -OCH3 is 1. The van der Waals surface area contributed by atoms with Gasteiger partial charge >= 0.3 is 0 Å². The van der Waals surface area contributed by atoms with E-state index >= 15 is 0 Å². The van der Waals surface area contributed by atoms with Crippen molar-refractivity contribution in [2.24, 2.45) is 5.92 Å². The molecule has 1 N–H and O–H groups in total. The van der Waals surface area contributed by atoms with Crippen LogP contribution in [0.2, 0.25) is 0 Å². The van der Waals surface area contributed by atoms with E-state index in [1.165, 1.54) is 6.42 Å². The van der Waals surface area contributed by atoms with Crippen molar-refractivity contribution in [2.45, 2.75) is 25.0 Å². The van der Waals surface area contributed by atoms with Gasteiger partial charge in [0.1, 0.15) is 0 Å². The summed E-state index contributed by atoms with van der Waals surface area (Å²) >= 11 is 0. The predicted octanol–water partition coefficient (Wildman–Crippen LogP) is 0.0879. The molecule has 3 heteroatoms. The molecular weight excluding hydrogens is 154 g/mol. The van der Waals surface area contributed by atoms with Crippen molar-refractivity contribution in [3.05, 3.63) is 0 Å². The summed E-state index contributed by atoms with van der Waals surface area (Å²) in [6.07, 6.45) is 2.04. The summed E-state index contributed by atoms with van der Waals surface area (Å²) in [6, 6.07) is 0.393. The third-order valence-electron chi connectivity index (χ3n) is 3.18. The minimum atomic E-state index is -0.104. The highest BCUT2D eigenvalue weighted by molar-refractivity contribution is 4.96. The van der Waals surface area contributed by atoms with E-state index in [1.807, 2.05) is 0 Å². The number of hydrogen-bond acceptors (Lipinski definition) is 3. The molecule has 0 bridgehead atoms. The summed E-state index contributed by atoms with van der Waals surface area (Å²) in [5.41, 5.74) is 0. The Morgan fingerprint density at radius 3 is 2.92 bits per heavy atom. The van der Waals surface area contributed by atoms with E-state index in [2.05, 4.69) is 4.90 Å². The van der Waals surface area contributed by atoms with Crippen LogP contribution in [0.15, 0.2) is 0 Å². The highest BCUT2D eigenvalue weighted by Crippen LogP contribution is 2.32. The molecule has 0 saturated carbocycles. The molecule has 2 fully saturated rings. The molecule has 2 aliphatic heterocycles. The average molecular weight is 171 g/mol. The van der Waals surface area contributed by atoms with Crippen LogP contribution in [0.4, 0.5) is 0 Å². The normalized spacial score (nSPS) is 42.0. The van der Waals surface area contributed by atoms with Gasteiger partial charge in [-0.15, -0.1) is 0 Å². The van der Waals surface area contributed by atoms with Crippen LogP contribution in [0.25, 0.3) is 0 Å². The fourth-order valence-electron chi connectivity index (χ4n) is 2.63. The lowest BCUT2D eigenvalue weighted by molar-refractivity contribution is 0.0742. The number of ether oxygens (including phenoxy) is 1. The lowest BCUT2D eigenvalue weighted by Crippen LogP contribution is -2.35. The Labute approximate surface area is 73.3 Å². The third kappa shape index (κ3) is 1.26. The van der Waals surface area contributed by atoms with Crippen LogP contribution in [0.1, 0.15) is 12.8 Å². The second kappa shape index (κ2) is 3.32. The minimum Gasteiger partial charge on any atom is -0.391 e. The molecule has 2 heterocycles. The molecule has 70 valence electrons. The zero-order valence-corrected chi connectivity index (χ0v) is 7.57. The Bertz CT molecular complexity index is 161. The molecule has 2 rings (SSSR count). The molecule has 0 spiro atoms. The molecule has 2 saturated heterocycles. The van der Waals surface area contributed by atoms with Crippen molar-refractivity contribution in [3.63, 3.8) is 0 Å². The summed E-state index contributed by atoms with van der Waals surface area (Å²) in [7, 11) is 1.74.